The number of aromatic nitrogens is 1. The highest BCUT2D eigenvalue weighted by atomic mass is 14.7. The van der Waals surface area contributed by atoms with Gasteiger partial charge in [-0.05, 0) is 24.5 Å². The zero-order valence-corrected chi connectivity index (χ0v) is 13.1. The lowest BCUT2D eigenvalue weighted by atomic mass is 10.0. The number of aromatic amines is 1. The zero-order valence-electron chi connectivity index (χ0n) is 13.1. The number of allylic oxidation sites excluding steroid dienone is 2. The maximum atomic E-state index is 6.17. The molecule has 0 saturated heterocycles. The molecule has 3 nitrogen and oxygen atoms in total. The second kappa shape index (κ2) is 8.64. The van der Waals surface area contributed by atoms with E-state index in [9.17, 15) is 0 Å². The molecule has 5 N–H and O–H groups in total. The molecule has 1 aliphatic rings. The topological polar surface area (TPSA) is 67.8 Å². The van der Waals surface area contributed by atoms with Crippen LogP contribution in [0.3, 0.4) is 0 Å². The van der Waals surface area contributed by atoms with Gasteiger partial charge in [0.25, 0.3) is 0 Å². The zero-order chi connectivity index (χ0) is 15.0. The minimum Gasteiger partial charge on any atom is -0.402 e. The van der Waals surface area contributed by atoms with Gasteiger partial charge in [-0.1, -0.05) is 45.8 Å². The summed E-state index contributed by atoms with van der Waals surface area (Å²) in [5, 5.41) is 2.42. The molecule has 0 amide bonds. The lowest BCUT2D eigenvalue weighted by Crippen LogP contribution is -2.29. The van der Waals surface area contributed by atoms with Gasteiger partial charge >= 0.3 is 0 Å². The molecule has 1 aromatic heterocycles. The molecule has 0 aliphatic heterocycles. The summed E-state index contributed by atoms with van der Waals surface area (Å²) < 4.78 is 0. The highest BCUT2D eigenvalue weighted by Crippen LogP contribution is 2.04. The Morgan fingerprint density at radius 1 is 1.30 bits per heavy atom. The van der Waals surface area contributed by atoms with Crippen molar-refractivity contribution in [2.75, 3.05) is 0 Å². The van der Waals surface area contributed by atoms with E-state index in [1.165, 1.54) is 29.0 Å². The Labute approximate surface area is 122 Å². The van der Waals surface area contributed by atoms with Crippen LogP contribution in [0.1, 0.15) is 52.0 Å². The van der Waals surface area contributed by atoms with Crippen molar-refractivity contribution in [1.82, 2.24) is 4.98 Å². The fourth-order valence-electron chi connectivity index (χ4n) is 2.36. The van der Waals surface area contributed by atoms with E-state index in [-0.39, 0.29) is 6.04 Å². The monoisotopic (exact) mass is 275 g/mol. The maximum Gasteiger partial charge on any atom is 0.0420 e. The maximum absolute atomic E-state index is 6.17. The van der Waals surface area contributed by atoms with Crippen LogP contribution in [0.5, 0.6) is 0 Å². The van der Waals surface area contributed by atoms with Gasteiger partial charge in [0.15, 0.2) is 0 Å². The van der Waals surface area contributed by atoms with Crippen molar-refractivity contribution in [2.45, 2.75) is 58.9 Å². The molecule has 0 saturated carbocycles. The van der Waals surface area contributed by atoms with E-state index in [1.807, 2.05) is 19.9 Å². The molecule has 3 heteroatoms. The largest absolute Gasteiger partial charge is 0.402 e. The Morgan fingerprint density at radius 3 is 2.75 bits per heavy atom. The Bertz CT molecular complexity index is 537. The molecule has 1 aliphatic carbocycles. The van der Waals surface area contributed by atoms with Gasteiger partial charge in [0.1, 0.15) is 0 Å². The fraction of sp³-hybridized carbons (Fsp3) is 0.529. The van der Waals surface area contributed by atoms with E-state index in [0.717, 1.165) is 25.0 Å². The second-order valence-electron chi connectivity index (χ2n) is 5.06. The van der Waals surface area contributed by atoms with Crippen molar-refractivity contribution in [1.29, 1.82) is 0 Å². The predicted molar refractivity (Wildman–Crippen MR) is 88.4 cm³/mol. The number of nitrogens with two attached hydrogens (primary N) is 2. The summed E-state index contributed by atoms with van der Waals surface area (Å²) in [7, 11) is 0. The van der Waals surface area contributed by atoms with E-state index in [0.29, 0.717) is 0 Å². The molecule has 1 unspecified atom stereocenters. The van der Waals surface area contributed by atoms with Crippen LogP contribution >= 0.6 is 0 Å². The van der Waals surface area contributed by atoms with Crippen molar-refractivity contribution in [2.24, 2.45) is 11.5 Å². The molecule has 0 radical (unpaired) electrons. The van der Waals surface area contributed by atoms with E-state index >= 15 is 0 Å². The van der Waals surface area contributed by atoms with Crippen LogP contribution in [-0.4, -0.2) is 11.0 Å². The second-order valence-corrected chi connectivity index (χ2v) is 5.06. The lowest BCUT2D eigenvalue weighted by Gasteiger charge is -2.09. The van der Waals surface area contributed by atoms with Gasteiger partial charge in [-0.2, -0.15) is 0 Å². The third-order valence-electron chi connectivity index (χ3n) is 3.45. The van der Waals surface area contributed by atoms with Crippen molar-refractivity contribution in [3.8, 4) is 0 Å². The van der Waals surface area contributed by atoms with Crippen LogP contribution in [0, 0.1) is 0 Å². The van der Waals surface area contributed by atoms with Crippen molar-refractivity contribution in [3.05, 3.63) is 34.1 Å². The molecule has 1 heterocycles. The van der Waals surface area contributed by atoms with E-state index in [4.69, 9.17) is 11.5 Å². The molecule has 20 heavy (non-hydrogen) atoms. The molecular weight excluding hydrogens is 246 g/mol. The molecule has 0 aromatic carbocycles. The molecule has 0 fully saturated rings. The van der Waals surface area contributed by atoms with Gasteiger partial charge < -0.3 is 16.5 Å². The van der Waals surface area contributed by atoms with Crippen molar-refractivity contribution >= 4 is 12.2 Å². The summed E-state index contributed by atoms with van der Waals surface area (Å²) in [4.78, 5) is 3.32. The van der Waals surface area contributed by atoms with Crippen LogP contribution in [0.4, 0.5) is 0 Å². The summed E-state index contributed by atoms with van der Waals surface area (Å²) in [6.45, 7) is 6.20. The third kappa shape index (κ3) is 4.57. The van der Waals surface area contributed by atoms with E-state index in [1.54, 1.807) is 0 Å². The number of hydrogen-bond donors (Lipinski definition) is 3. The van der Waals surface area contributed by atoms with Crippen LogP contribution < -0.4 is 22.0 Å². The standard InChI is InChI=1S/C15H23N3.C2H6/c1-2-3-4-13(17)9-11-10-18-15-8-6-12(16)5-7-14(11)15;1-2/h5,7-8,10,13,18H,2-4,6,9,16-17H2,1H3;1-2H3. The van der Waals surface area contributed by atoms with Gasteiger partial charge in [-0.25, -0.2) is 0 Å². The number of fused-ring (bicyclic) bond motifs is 1. The molecule has 1 atom stereocenters. The first-order valence-corrected chi connectivity index (χ1v) is 7.79. The number of nitrogens with one attached hydrogen (secondary N) is 1. The minimum absolute atomic E-state index is 0.253. The number of H-pyrrole nitrogens is 1. The first-order valence-electron chi connectivity index (χ1n) is 7.79. The van der Waals surface area contributed by atoms with Gasteiger partial charge in [-0.15, -0.1) is 0 Å². The summed E-state index contributed by atoms with van der Waals surface area (Å²) in [5.74, 6) is 0. The Kier molecular flexibility index (Phi) is 7.16. The first kappa shape index (κ1) is 16.6. The quantitative estimate of drug-likeness (QED) is 0.768. The molecule has 0 bridgehead atoms. The van der Waals surface area contributed by atoms with Crippen LogP contribution in [0.15, 0.2) is 18.0 Å². The lowest BCUT2D eigenvalue weighted by molar-refractivity contribution is 0.573. The van der Waals surface area contributed by atoms with Crippen LogP contribution in [0.25, 0.3) is 12.2 Å². The number of rotatable bonds is 5. The predicted octanol–water partition coefficient (Wildman–Crippen LogP) is 1.91. The average Bonchev–Trinajstić information content (AvgIpc) is 2.74. The smallest absolute Gasteiger partial charge is 0.0420 e. The molecule has 112 valence electrons. The first-order chi connectivity index (χ1) is 9.70. The van der Waals surface area contributed by atoms with Gasteiger partial charge in [-0.3, -0.25) is 0 Å². The highest BCUT2D eigenvalue weighted by Gasteiger charge is 2.07. The molecule has 0 spiro atoms. The molecule has 2 rings (SSSR count). The Balaban J connectivity index is 0.000000956. The summed E-state index contributed by atoms with van der Waals surface area (Å²) >= 11 is 0. The highest BCUT2D eigenvalue weighted by molar-refractivity contribution is 5.47. The van der Waals surface area contributed by atoms with Crippen molar-refractivity contribution in [3.63, 3.8) is 0 Å². The SMILES string of the molecule is CC.CCCCC(N)Cc1c[nH]c2c1=CC=C(N)CC=2. The normalized spacial score (nSPS) is 14.7. The molecule has 1 aromatic rings. The van der Waals surface area contributed by atoms with Crippen LogP contribution in [0.2, 0.25) is 0 Å². The fourth-order valence-corrected chi connectivity index (χ4v) is 2.36. The molecular formula is C17H29N3. The Morgan fingerprint density at radius 2 is 2.05 bits per heavy atom. The number of unbranched alkanes of at least 4 members (excludes halogenated alkanes) is 1. The van der Waals surface area contributed by atoms with Gasteiger partial charge in [0.2, 0.25) is 0 Å². The summed E-state index contributed by atoms with van der Waals surface area (Å²) in [5.41, 5.74) is 14.2. The Hall–Kier alpha value is -1.48. The third-order valence-corrected chi connectivity index (χ3v) is 3.45. The van der Waals surface area contributed by atoms with Crippen LogP contribution in [-0.2, 0) is 6.42 Å². The minimum atomic E-state index is 0.253. The summed E-state index contributed by atoms with van der Waals surface area (Å²) in [6.07, 6.45) is 13.6. The van der Waals surface area contributed by atoms with Gasteiger partial charge in [0, 0.05) is 34.9 Å². The van der Waals surface area contributed by atoms with E-state index in [2.05, 4.69) is 30.3 Å². The number of hydrogen-bond acceptors (Lipinski definition) is 2. The van der Waals surface area contributed by atoms with Gasteiger partial charge in [0.05, 0.1) is 0 Å². The average molecular weight is 275 g/mol. The summed E-state index contributed by atoms with van der Waals surface area (Å²) in [6, 6.07) is 0.253. The van der Waals surface area contributed by atoms with E-state index < -0.39 is 0 Å². The van der Waals surface area contributed by atoms with Crippen molar-refractivity contribution < 1.29 is 0 Å².